The number of methoxy groups -OCH3 is 1. The van der Waals surface area contributed by atoms with Gasteiger partial charge in [-0.05, 0) is 29.3 Å². The molecule has 0 unspecified atom stereocenters. The van der Waals surface area contributed by atoms with Crippen LogP contribution in [0.5, 0.6) is 5.75 Å². The molecule has 0 radical (unpaired) electrons. The summed E-state index contributed by atoms with van der Waals surface area (Å²) in [6, 6.07) is 11.0. The van der Waals surface area contributed by atoms with Crippen molar-refractivity contribution in [2.24, 2.45) is 5.73 Å². The van der Waals surface area contributed by atoms with Gasteiger partial charge in [0.15, 0.2) is 0 Å². The van der Waals surface area contributed by atoms with E-state index in [0.717, 1.165) is 11.1 Å². The van der Waals surface area contributed by atoms with E-state index in [9.17, 15) is 4.79 Å². The van der Waals surface area contributed by atoms with E-state index in [2.05, 4.69) is 11.9 Å². The Hall–Kier alpha value is -2.17. The highest BCUT2D eigenvalue weighted by Crippen LogP contribution is 2.36. The number of halogens is 2. The first-order valence-corrected chi connectivity index (χ1v) is 8.53. The summed E-state index contributed by atoms with van der Waals surface area (Å²) < 4.78 is 5.22. The second-order valence-corrected chi connectivity index (χ2v) is 5.65. The highest BCUT2D eigenvalue weighted by Gasteiger charge is 2.15. The third kappa shape index (κ3) is 5.69. The third-order valence-corrected chi connectivity index (χ3v) is 3.99. The lowest BCUT2D eigenvalue weighted by Crippen LogP contribution is -2.28. The van der Waals surface area contributed by atoms with Crippen molar-refractivity contribution < 1.29 is 9.53 Å². The van der Waals surface area contributed by atoms with E-state index in [1.807, 2.05) is 44.2 Å². The van der Waals surface area contributed by atoms with E-state index < -0.39 is 0 Å². The lowest BCUT2D eigenvalue weighted by molar-refractivity contribution is -0.119. The van der Waals surface area contributed by atoms with Crippen molar-refractivity contribution in [2.45, 2.75) is 20.3 Å². The molecule has 0 aliphatic heterocycles. The van der Waals surface area contributed by atoms with E-state index in [-0.39, 0.29) is 18.1 Å². The van der Waals surface area contributed by atoms with Gasteiger partial charge in [-0.3, -0.25) is 4.79 Å². The molecule has 0 bridgehead atoms. The second-order valence-electron chi connectivity index (χ2n) is 4.87. The maximum Gasteiger partial charge on any atom is 0.229 e. The van der Waals surface area contributed by atoms with Gasteiger partial charge in [0.05, 0.1) is 24.4 Å². The van der Waals surface area contributed by atoms with Crippen LogP contribution in [-0.2, 0) is 11.2 Å². The highest BCUT2D eigenvalue weighted by atomic mass is 35.5. The summed E-state index contributed by atoms with van der Waals surface area (Å²) in [4.78, 5) is 11.9. The number of hydrogen-bond acceptors (Lipinski definition) is 3. The number of benzene rings is 2. The second kappa shape index (κ2) is 9.97. The largest absolute Gasteiger partial charge is 0.497 e. The molecule has 25 heavy (non-hydrogen) atoms. The van der Waals surface area contributed by atoms with Crippen LogP contribution in [0.4, 0.5) is 0 Å². The summed E-state index contributed by atoms with van der Waals surface area (Å²) in [5, 5.41) is 3.27. The van der Waals surface area contributed by atoms with Crippen molar-refractivity contribution in [1.29, 1.82) is 0 Å². The number of nitrogens with two attached hydrogens (primary N) is 1. The van der Waals surface area contributed by atoms with Crippen LogP contribution >= 0.6 is 23.2 Å². The summed E-state index contributed by atoms with van der Waals surface area (Å²) in [5.41, 5.74) is 7.54. The van der Waals surface area contributed by atoms with E-state index >= 15 is 0 Å². The Kier molecular flexibility index (Phi) is 8.32. The first-order valence-electron chi connectivity index (χ1n) is 7.78. The molecule has 0 fully saturated rings. The number of nitrogens with one attached hydrogen (secondary N) is 1. The van der Waals surface area contributed by atoms with Crippen LogP contribution in [0.3, 0.4) is 0 Å². The highest BCUT2D eigenvalue weighted by molar-refractivity contribution is 6.38. The van der Waals surface area contributed by atoms with Crippen LogP contribution in [0.15, 0.2) is 48.8 Å². The first kappa shape index (κ1) is 20.9. The SMILES string of the molecule is C=C(N)NC(=O)Cc1c(Cl)ccc(-c2cccc(OC)c2)c1Cl.CC. The fourth-order valence-electron chi connectivity index (χ4n) is 2.16. The van der Waals surface area contributed by atoms with Crippen LogP contribution < -0.4 is 15.8 Å². The normalized spacial score (nSPS) is 9.64. The predicted molar refractivity (Wildman–Crippen MR) is 105 cm³/mol. The van der Waals surface area contributed by atoms with Crippen LogP contribution in [0.1, 0.15) is 19.4 Å². The molecule has 1 amide bonds. The summed E-state index contributed by atoms with van der Waals surface area (Å²) >= 11 is 12.7. The zero-order valence-corrected chi connectivity index (χ0v) is 16.0. The lowest BCUT2D eigenvalue weighted by Gasteiger charge is -2.13. The zero-order valence-electron chi connectivity index (χ0n) is 14.5. The number of rotatable bonds is 5. The first-order chi connectivity index (χ1) is 11.9. The van der Waals surface area contributed by atoms with E-state index in [0.29, 0.717) is 21.4 Å². The quantitative estimate of drug-likeness (QED) is 0.783. The third-order valence-electron chi connectivity index (χ3n) is 3.20. The average Bonchev–Trinajstić information content (AvgIpc) is 2.60. The Morgan fingerprint density at radius 3 is 2.52 bits per heavy atom. The van der Waals surface area contributed by atoms with Gasteiger partial charge in [-0.15, -0.1) is 0 Å². The Morgan fingerprint density at radius 2 is 1.92 bits per heavy atom. The summed E-state index contributed by atoms with van der Waals surface area (Å²) in [7, 11) is 1.60. The topological polar surface area (TPSA) is 64.3 Å². The van der Waals surface area contributed by atoms with Crippen molar-refractivity contribution in [2.75, 3.05) is 7.11 Å². The fourth-order valence-corrected chi connectivity index (χ4v) is 2.77. The molecule has 3 N–H and O–H groups in total. The molecule has 0 spiro atoms. The number of hydrogen-bond donors (Lipinski definition) is 2. The van der Waals surface area contributed by atoms with Gasteiger partial charge in [0.25, 0.3) is 0 Å². The molecule has 0 saturated carbocycles. The molecule has 0 heterocycles. The van der Waals surface area contributed by atoms with Crippen molar-refractivity contribution in [3.63, 3.8) is 0 Å². The smallest absolute Gasteiger partial charge is 0.229 e. The molecule has 0 aromatic heterocycles. The van der Waals surface area contributed by atoms with Crippen molar-refractivity contribution in [3.8, 4) is 16.9 Å². The van der Waals surface area contributed by atoms with Crippen LogP contribution in [-0.4, -0.2) is 13.0 Å². The van der Waals surface area contributed by atoms with Crippen molar-refractivity contribution >= 4 is 29.1 Å². The van der Waals surface area contributed by atoms with Gasteiger partial charge in [0.1, 0.15) is 5.75 Å². The summed E-state index contributed by atoms with van der Waals surface area (Å²) in [5.74, 6) is 0.461. The van der Waals surface area contributed by atoms with Gasteiger partial charge in [0.2, 0.25) is 5.91 Å². The molecule has 134 valence electrons. The molecule has 0 saturated heterocycles. The van der Waals surface area contributed by atoms with Crippen LogP contribution in [0, 0.1) is 0 Å². The maximum atomic E-state index is 11.9. The van der Waals surface area contributed by atoms with Crippen LogP contribution in [0.2, 0.25) is 10.0 Å². The maximum absolute atomic E-state index is 11.9. The minimum absolute atomic E-state index is 0.00565. The van der Waals surface area contributed by atoms with Gasteiger partial charge < -0.3 is 15.8 Å². The molecule has 0 aliphatic rings. The monoisotopic (exact) mass is 380 g/mol. The van der Waals surface area contributed by atoms with Gasteiger partial charge in [0, 0.05) is 10.6 Å². The fraction of sp³-hybridized carbons (Fsp3) is 0.211. The Labute approximate surface area is 158 Å². The Balaban J connectivity index is 0.00000151. The van der Waals surface area contributed by atoms with Gasteiger partial charge in [-0.25, -0.2) is 0 Å². The Bertz CT molecular complexity index is 761. The van der Waals surface area contributed by atoms with Crippen molar-refractivity contribution in [1.82, 2.24) is 5.32 Å². The number of carbonyl (C=O) groups excluding carboxylic acids is 1. The molecule has 2 aromatic carbocycles. The Morgan fingerprint density at radius 1 is 1.24 bits per heavy atom. The molecule has 2 aromatic rings. The van der Waals surface area contributed by atoms with Gasteiger partial charge >= 0.3 is 0 Å². The van der Waals surface area contributed by atoms with E-state index in [1.54, 1.807) is 13.2 Å². The standard InChI is InChI=1S/C17H16Cl2N2O2.C2H6/c1-10(20)21-16(22)9-14-15(18)7-6-13(17(14)19)11-4-3-5-12(8-11)23-2;1-2/h3-8H,1,9,20H2,2H3,(H,21,22);1-2H3. The summed E-state index contributed by atoms with van der Waals surface area (Å²) in [6.45, 7) is 7.43. The number of ether oxygens (including phenoxy) is 1. The van der Waals surface area contributed by atoms with Gasteiger partial charge in [-0.1, -0.05) is 61.8 Å². The van der Waals surface area contributed by atoms with Crippen LogP contribution in [0.25, 0.3) is 11.1 Å². The van der Waals surface area contributed by atoms with E-state index in [4.69, 9.17) is 33.7 Å². The molecule has 0 atom stereocenters. The number of carbonyl (C=O) groups is 1. The summed E-state index contributed by atoms with van der Waals surface area (Å²) in [6.07, 6.45) is 0.00565. The molecule has 2 rings (SSSR count). The van der Waals surface area contributed by atoms with Gasteiger partial charge in [-0.2, -0.15) is 0 Å². The lowest BCUT2D eigenvalue weighted by atomic mass is 10.0. The van der Waals surface area contributed by atoms with E-state index in [1.165, 1.54) is 0 Å². The molecule has 6 heteroatoms. The molecular formula is C19H22Cl2N2O2. The number of amides is 1. The van der Waals surface area contributed by atoms with Crippen molar-refractivity contribution in [3.05, 3.63) is 64.4 Å². The molecular weight excluding hydrogens is 359 g/mol. The predicted octanol–water partition coefficient (Wildman–Crippen LogP) is 4.78. The molecule has 0 aliphatic carbocycles. The minimum atomic E-state index is -0.330. The minimum Gasteiger partial charge on any atom is -0.497 e. The average molecular weight is 381 g/mol. The zero-order chi connectivity index (χ0) is 19.0. The molecule has 4 nitrogen and oxygen atoms in total.